The van der Waals surface area contributed by atoms with Crippen LogP contribution in [0, 0.1) is 5.82 Å². The largest absolute Gasteiger partial charge is 0.344 e. The van der Waals surface area contributed by atoms with Gasteiger partial charge in [-0.2, -0.15) is 0 Å². The number of halogens is 2. The Kier molecular flexibility index (Phi) is 4.76. The fraction of sp³-hybridized carbons (Fsp3) is 0.364. The molecule has 26 heavy (non-hydrogen) atoms. The molecule has 4 heteroatoms. The lowest BCUT2D eigenvalue weighted by molar-refractivity contribution is 0.350. The molecule has 1 unspecified atom stereocenters. The van der Waals surface area contributed by atoms with Crippen molar-refractivity contribution in [1.29, 1.82) is 0 Å². The molecule has 0 amide bonds. The highest BCUT2D eigenvalue weighted by Crippen LogP contribution is 2.33. The van der Waals surface area contributed by atoms with Crippen LogP contribution in [0.2, 0.25) is 5.02 Å². The van der Waals surface area contributed by atoms with Gasteiger partial charge in [-0.05, 0) is 60.8 Å². The van der Waals surface area contributed by atoms with E-state index in [-0.39, 0.29) is 5.82 Å². The van der Waals surface area contributed by atoms with Gasteiger partial charge in [0.2, 0.25) is 0 Å². The summed E-state index contributed by atoms with van der Waals surface area (Å²) in [6, 6.07) is 13.1. The van der Waals surface area contributed by atoms with Gasteiger partial charge in [0.1, 0.15) is 5.82 Å². The van der Waals surface area contributed by atoms with E-state index < -0.39 is 0 Å². The molecule has 2 heterocycles. The molecule has 2 aromatic carbocycles. The van der Waals surface area contributed by atoms with Crippen molar-refractivity contribution >= 4 is 22.5 Å². The lowest BCUT2D eigenvalue weighted by atomic mass is 10.0. The molecule has 0 saturated carbocycles. The highest BCUT2D eigenvalue weighted by molar-refractivity contribution is 6.31. The quantitative estimate of drug-likeness (QED) is 0.609. The first-order chi connectivity index (χ1) is 12.5. The predicted octanol–water partition coefficient (Wildman–Crippen LogP) is 5.27. The first-order valence-electron chi connectivity index (χ1n) is 9.26. The zero-order valence-electron chi connectivity index (χ0n) is 15.3. The molecule has 0 N–H and O–H groups in total. The number of benzene rings is 2. The minimum Gasteiger partial charge on any atom is -0.344 e. The lowest BCUT2D eigenvalue weighted by Crippen LogP contribution is -2.21. The van der Waals surface area contributed by atoms with Crippen LogP contribution in [0.25, 0.3) is 10.9 Å². The number of nitrogens with zero attached hydrogens (tertiary/aromatic N) is 2. The Hall–Kier alpha value is -1.84. The monoisotopic (exact) mass is 370 g/mol. The number of aromatic nitrogens is 1. The molecule has 1 aliphatic heterocycles. The van der Waals surface area contributed by atoms with E-state index in [0.29, 0.717) is 5.92 Å². The topological polar surface area (TPSA) is 8.17 Å². The third kappa shape index (κ3) is 3.26. The van der Waals surface area contributed by atoms with Gasteiger partial charge in [0.25, 0.3) is 0 Å². The SMILES string of the molecule is CC(Cn1c2c(c3cc(Cl)ccc31)CCN(C)CC2)c1ccc(F)cc1. The average molecular weight is 371 g/mol. The van der Waals surface area contributed by atoms with Gasteiger partial charge in [-0.25, -0.2) is 4.39 Å². The molecule has 0 saturated heterocycles. The highest BCUT2D eigenvalue weighted by Gasteiger charge is 2.22. The predicted molar refractivity (Wildman–Crippen MR) is 107 cm³/mol. The summed E-state index contributed by atoms with van der Waals surface area (Å²) in [4.78, 5) is 2.39. The standard InChI is InChI=1S/C22H24ClFN2/c1-15(16-3-6-18(24)7-4-16)14-26-21-8-5-17(23)13-20(21)19-9-11-25(2)12-10-22(19)26/h3-8,13,15H,9-12,14H2,1-2H3. The Morgan fingerprint density at radius 1 is 1.08 bits per heavy atom. The zero-order valence-corrected chi connectivity index (χ0v) is 16.1. The summed E-state index contributed by atoms with van der Waals surface area (Å²) in [5, 5.41) is 2.08. The average Bonchev–Trinajstić information content (AvgIpc) is 2.76. The van der Waals surface area contributed by atoms with Crippen molar-refractivity contribution in [1.82, 2.24) is 9.47 Å². The second-order valence-electron chi connectivity index (χ2n) is 7.45. The Bertz CT molecular complexity index is 929. The third-order valence-corrected chi connectivity index (χ3v) is 5.85. The lowest BCUT2D eigenvalue weighted by Gasteiger charge is -2.18. The van der Waals surface area contributed by atoms with Gasteiger partial charge in [0.15, 0.2) is 0 Å². The van der Waals surface area contributed by atoms with Crippen LogP contribution >= 0.6 is 11.6 Å². The maximum Gasteiger partial charge on any atom is 0.123 e. The fourth-order valence-electron chi connectivity index (χ4n) is 4.10. The van der Waals surface area contributed by atoms with Crippen LogP contribution in [-0.4, -0.2) is 29.6 Å². The van der Waals surface area contributed by atoms with Crippen molar-refractivity contribution in [3.63, 3.8) is 0 Å². The van der Waals surface area contributed by atoms with E-state index in [0.717, 1.165) is 37.5 Å². The molecule has 0 fully saturated rings. The van der Waals surface area contributed by atoms with E-state index >= 15 is 0 Å². The van der Waals surface area contributed by atoms with Gasteiger partial charge in [-0.1, -0.05) is 30.7 Å². The molecule has 136 valence electrons. The summed E-state index contributed by atoms with van der Waals surface area (Å²) in [7, 11) is 2.19. The molecule has 1 atom stereocenters. The van der Waals surface area contributed by atoms with E-state index in [2.05, 4.69) is 35.6 Å². The molecule has 4 rings (SSSR count). The van der Waals surface area contributed by atoms with Gasteiger partial charge in [-0.3, -0.25) is 0 Å². The Morgan fingerprint density at radius 3 is 2.58 bits per heavy atom. The minimum atomic E-state index is -0.182. The number of likely N-dealkylation sites (N-methyl/N-ethyl adjacent to an activating group) is 1. The number of rotatable bonds is 3. The Balaban J connectivity index is 1.77. The molecule has 2 nitrogen and oxygen atoms in total. The highest BCUT2D eigenvalue weighted by atomic mass is 35.5. The van der Waals surface area contributed by atoms with Crippen LogP contribution < -0.4 is 0 Å². The molecular weight excluding hydrogens is 347 g/mol. The molecule has 0 aliphatic carbocycles. The van der Waals surface area contributed by atoms with Crippen molar-refractivity contribution in [2.75, 3.05) is 20.1 Å². The molecule has 3 aromatic rings. The van der Waals surface area contributed by atoms with Crippen LogP contribution in [0.4, 0.5) is 4.39 Å². The molecule has 1 aliphatic rings. The van der Waals surface area contributed by atoms with Crippen LogP contribution in [0.5, 0.6) is 0 Å². The van der Waals surface area contributed by atoms with Crippen LogP contribution in [0.15, 0.2) is 42.5 Å². The van der Waals surface area contributed by atoms with Crippen molar-refractivity contribution in [3.8, 4) is 0 Å². The van der Waals surface area contributed by atoms with Gasteiger partial charge in [0.05, 0.1) is 0 Å². The van der Waals surface area contributed by atoms with E-state index in [1.54, 1.807) is 12.1 Å². The molecule has 0 bridgehead atoms. The number of hydrogen-bond donors (Lipinski definition) is 0. The van der Waals surface area contributed by atoms with E-state index in [9.17, 15) is 4.39 Å². The summed E-state index contributed by atoms with van der Waals surface area (Å²) < 4.78 is 15.7. The Labute approximate surface area is 159 Å². The van der Waals surface area contributed by atoms with Crippen molar-refractivity contribution in [2.24, 2.45) is 0 Å². The maximum atomic E-state index is 13.3. The Morgan fingerprint density at radius 2 is 1.81 bits per heavy atom. The number of fused-ring (bicyclic) bond motifs is 3. The summed E-state index contributed by atoms with van der Waals surface area (Å²) in [6.45, 7) is 5.25. The van der Waals surface area contributed by atoms with Crippen LogP contribution in [0.3, 0.4) is 0 Å². The molecule has 1 aromatic heterocycles. The van der Waals surface area contributed by atoms with Crippen molar-refractivity contribution < 1.29 is 4.39 Å². The molecular formula is C22H24ClFN2. The summed E-state index contributed by atoms with van der Waals surface area (Å²) >= 11 is 6.30. The van der Waals surface area contributed by atoms with Gasteiger partial charge in [-0.15, -0.1) is 0 Å². The second-order valence-corrected chi connectivity index (χ2v) is 7.89. The van der Waals surface area contributed by atoms with Crippen molar-refractivity contribution in [2.45, 2.75) is 32.2 Å². The summed E-state index contributed by atoms with van der Waals surface area (Å²) in [5.41, 5.74) is 5.30. The second kappa shape index (κ2) is 7.05. The van der Waals surface area contributed by atoms with Gasteiger partial charge < -0.3 is 9.47 Å². The fourth-order valence-corrected chi connectivity index (χ4v) is 4.28. The molecule has 0 radical (unpaired) electrons. The minimum absolute atomic E-state index is 0.182. The maximum absolute atomic E-state index is 13.3. The van der Waals surface area contributed by atoms with Crippen LogP contribution in [0.1, 0.15) is 29.7 Å². The first kappa shape index (κ1) is 17.6. The summed E-state index contributed by atoms with van der Waals surface area (Å²) in [6.07, 6.45) is 2.11. The van der Waals surface area contributed by atoms with Gasteiger partial charge >= 0.3 is 0 Å². The molecule has 0 spiro atoms. The zero-order chi connectivity index (χ0) is 18.3. The normalized spacial score (nSPS) is 16.5. The van der Waals surface area contributed by atoms with Gasteiger partial charge in [0, 0.05) is 47.7 Å². The smallest absolute Gasteiger partial charge is 0.123 e. The van der Waals surface area contributed by atoms with E-state index in [1.165, 1.54) is 27.7 Å². The number of hydrogen-bond acceptors (Lipinski definition) is 1. The first-order valence-corrected chi connectivity index (χ1v) is 9.64. The van der Waals surface area contributed by atoms with E-state index in [4.69, 9.17) is 11.6 Å². The third-order valence-electron chi connectivity index (χ3n) is 5.62. The van der Waals surface area contributed by atoms with E-state index in [1.807, 2.05) is 18.2 Å². The summed E-state index contributed by atoms with van der Waals surface area (Å²) in [5.74, 6) is 0.130. The van der Waals surface area contributed by atoms with Crippen molar-refractivity contribution in [3.05, 3.63) is 70.1 Å². The van der Waals surface area contributed by atoms with Crippen LogP contribution in [-0.2, 0) is 19.4 Å².